The number of imidazole rings is 1. The number of fused-ring (bicyclic) bond motifs is 1. The standard InChI is InChI=1S/C32H37FN8/c33-28-8-9-30-31(19-28)40-32(39-30)23-37-21-25-4-6-27(7-5-25)24-41(17-15-35-20-26-10-13-34-14-11-26)18-16-36-22-29-3-1-2-12-38-29/h1-14,19,35-37H,15-18,20-24H2,(H,39,40). The van der Waals surface area contributed by atoms with Crippen molar-refractivity contribution in [2.45, 2.75) is 32.7 Å². The van der Waals surface area contributed by atoms with Crippen molar-refractivity contribution in [3.8, 4) is 0 Å². The molecular formula is C32H37FN8. The van der Waals surface area contributed by atoms with E-state index in [-0.39, 0.29) is 5.82 Å². The number of hydrogen-bond donors (Lipinski definition) is 4. The smallest absolute Gasteiger partial charge is 0.125 e. The Morgan fingerprint density at radius 3 is 2.22 bits per heavy atom. The fourth-order valence-electron chi connectivity index (χ4n) is 4.66. The van der Waals surface area contributed by atoms with Gasteiger partial charge in [0.2, 0.25) is 0 Å². The second kappa shape index (κ2) is 15.1. The van der Waals surface area contributed by atoms with Gasteiger partial charge < -0.3 is 20.9 Å². The average Bonchev–Trinajstić information content (AvgIpc) is 3.41. The van der Waals surface area contributed by atoms with E-state index in [1.54, 1.807) is 6.07 Å². The minimum absolute atomic E-state index is 0.274. The summed E-state index contributed by atoms with van der Waals surface area (Å²) in [5.41, 5.74) is 6.27. The van der Waals surface area contributed by atoms with Crippen LogP contribution in [0.2, 0.25) is 0 Å². The van der Waals surface area contributed by atoms with Gasteiger partial charge in [0.1, 0.15) is 11.6 Å². The monoisotopic (exact) mass is 552 g/mol. The van der Waals surface area contributed by atoms with Gasteiger partial charge in [0, 0.05) is 77.0 Å². The van der Waals surface area contributed by atoms with E-state index >= 15 is 0 Å². The first-order valence-corrected chi connectivity index (χ1v) is 14.1. The first kappa shape index (κ1) is 28.5. The summed E-state index contributed by atoms with van der Waals surface area (Å²) in [6.07, 6.45) is 5.49. The van der Waals surface area contributed by atoms with Crippen LogP contribution in [0.5, 0.6) is 0 Å². The van der Waals surface area contributed by atoms with Crippen LogP contribution in [0.1, 0.15) is 28.2 Å². The number of nitrogens with zero attached hydrogens (tertiary/aromatic N) is 4. The first-order chi connectivity index (χ1) is 20.2. The van der Waals surface area contributed by atoms with Crippen LogP contribution in [0.25, 0.3) is 11.0 Å². The summed E-state index contributed by atoms with van der Waals surface area (Å²) in [5.74, 6) is 0.524. The van der Waals surface area contributed by atoms with Gasteiger partial charge in [-0.15, -0.1) is 0 Å². The highest BCUT2D eigenvalue weighted by Crippen LogP contribution is 2.13. The maximum absolute atomic E-state index is 13.4. The number of rotatable bonds is 16. The summed E-state index contributed by atoms with van der Waals surface area (Å²) >= 11 is 0. The van der Waals surface area contributed by atoms with Crippen molar-refractivity contribution in [2.24, 2.45) is 0 Å². The fourth-order valence-corrected chi connectivity index (χ4v) is 4.66. The van der Waals surface area contributed by atoms with Crippen molar-refractivity contribution in [2.75, 3.05) is 26.2 Å². The number of hydrogen-bond acceptors (Lipinski definition) is 7. The summed E-state index contributed by atoms with van der Waals surface area (Å²) < 4.78 is 13.4. The third-order valence-corrected chi connectivity index (χ3v) is 6.87. The molecule has 0 bridgehead atoms. The first-order valence-electron chi connectivity index (χ1n) is 14.1. The molecule has 0 aliphatic heterocycles. The van der Waals surface area contributed by atoms with Gasteiger partial charge in [-0.3, -0.25) is 14.9 Å². The number of nitrogens with one attached hydrogen (secondary N) is 4. The number of halogens is 1. The quantitative estimate of drug-likeness (QED) is 0.137. The molecule has 0 aliphatic carbocycles. The van der Waals surface area contributed by atoms with Gasteiger partial charge in [0.05, 0.1) is 23.3 Å². The van der Waals surface area contributed by atoms with Crippen molar-refractivity contribution in [1.82, 2.24) is 40.8 Å². The van der Waals surface area contributed by atoms with E-state index in [0.717, 1.165) is 69.4 Å². The molecule has 0 saturated heterocycles. The summed E-state index contributed by atoms with van der Waals surface area (Å²) in [4.78, 5) is 18.7. The largest absolute Gasteiger partial charge is 0.341 e. The van der Waals surface area contributed by atoms with E-state index in [9.17, 15) is 4.39 Å². The van der Waals surface area contributed by atoms with Gasteiger partial charge in [-0.05, 0) is 53.1 Å². The van der Waals surface area contributed by atoms with E-state index < -0.39 is 0 Å². The van der Waals surface area contributed by atoms with Crippen molar-refractivity contribution >= 4 is 11.0 Å². The number of H-pyrrole nitrogens is 1. The van der Waals surface area contributed by atoms with E-state index in [2.05, 4.69) is 65.1 Å². The molecule has 0 saturated carbocycles. The van der Waals surface area contributed by atoms with Crippen LogP contribution in [0.4, 0.5) is 4.39 Å². The molecule has 0 fully saturated rings. The lowest BCUT2D eigenvalue weighted by molar-refractivity contribution is 0.264. The third kappa shape index (κ3) is 9.26. The lowest BCUT2D eigenvalue weighted by Crippen LogP contribution is -2.36. The summed E-state index contributed by atoms with van der Waals surface area (Å²) in [5, 5.41) is 10.5. The zero-order valence-electron chi connectivity index (χ0n) is 23.2. The summed E-state index contributed by atoms with van der Waals surface area (Å²) in [6, 6.07) is 23.5. The van der Waals surface area contributed by atoms with Gasteiger partial charge >= 0.3 is 0 Å². The number of benzene rings is 2. The molecule has 41 heavy (non-hydrogen) atoms. The van der Waals surface area contributed by atoms with Crippen LogP contribution in [-0.2, 0) is 32.7 Å². The van der Waals surface area contributed by atoms with Crippen LogP contribution in [0.3, 0.4) is 0 Å². The minimum Gasteiger partial charge on any atom is -0.341 e. The molecule has 9 heteroatoms. The summed E-state index contributed by atoms with van der Waals surface area (Å²) in [7, 11) is 0. The molecule has 0 atom stereocenters. The molecule has 4 N–H and O–H groups in total. The lowest BCUT2D eigenvalue weighted by Gasteiger charge is -2.23. The Bertz CT molecular complexity index is 1410. The van der Waals surface area contributed by atoms with Crippen LogP contribution in [0.15, 0.2) is 91.4 Å². The molecule has 0 unspecified atom stereocenters. The molecule has 2 aromatic carbocycles. The van der Waals surface area contributed by atoms with Crippen molar-refractivity contribution in [1.29, 1.82) is 0 Å². The molecule has 5 rings (SSSR count). The molecule has 0 aliphatic rings. The zero-order chi connectivity index (χ0) is 28.1. The molecule has 212 valence electrons. The van der Waals surface area contributed by atoms with Crippen LogP contribution in [-0.4, -0.2) is 51.0 Å². The highest BCUT2D eigenvalue weighted by molar-refractivity contribution is 5.74. The molecular weight excluding hydrogens is 515 g/mol. The second-order valence-electron chi connectivity index (χ2n) is 10.1. The molecule has 0 radical (unpaired) electrons. The van der Waals surface area contributed by atoms with E-state index in [4.69, 9.17) is 0 Å². The Balaban J connectivity index is 1.09. The van der Waals surface area contributed by atoms with Gasteiger partial charge in [0.25, 0.3) is 0 Å². The molecule has 5 aromatic rings. The fraction of sp³-hybridized carbons (Fsp3) is 0.281. The minimum atomic E-state index is -0.274. The molecule has 0 spiro atoms. The zero-order valence-corrected chi connectivity index (χ0v) is 23.2. The molecule has 3 aromatic heterocycles. The van der Waals surface area contributed by atoms with Crippen molar-refractivity contribution < 1.29 is 4.39 Å². The van der Waals surface area contributed by atoms with Gasteiger partial charge in [-0.1, -0.05) is 30.3 Å². The van der Waals surface area contributed by atoms with Gasteiger partial charge in [0.15, 0.2) is 0 Å². The second-order valence-corrected chi connectivity index (χ2v) is 10.1. The Morgan fingerprint density at radius 2 is 1.44 bits per heavy atom. The SMILES string of the molecule is Fc1ccc2[nH]c(CNCc3ccc(CN(CCNCc4ccncc4)CCNCc4ccccn4)cc3)nc2c1. The highest BCUT2D eigenvalue weighted by Gasteiger charge is 2.08. The van der Waals surface area contributed by atoms with E-state index in [1.807, 2.05) is 48.9 Å². The van der Waals surface area contributed by atoms with Crippen LogP contribution >= 0.6 is 0 Å². The van der Waals surface area contributed by atoms with Crippen LogP contribution in [0, 0.1) is 5.82 Å². The molecule has 3 heterocycles. The number of pyridine rings is 2. The predicted octanol–water partition coefficient (Wildman–Crippen LogP) is 4.16. The normalized spacial score (nSPS) is 11.5. The Kier molecular flexibility index (Phi) is 10.5. The molecule has 8 nitrogen and oxygen atoms in total. The van der Waals surface area contributed by atoms with Crippen LogP contribution < -0.4 is 16.0 Å². The lowest BCUT2D eigenvalue weighted by atomic mass is 10.1. The predicted molar refractivity (Wildman–Crippen MR) is 160 cm³/mol. The maximum Gasteiger partial charge on any atom is 0.125 e. The third-order valence-electron chi connectivity index (χ3n) is 6.87. The maximum atomic E-state index is 13.4. The molecule has 0 amide bonds. The Labute approximate surface area is 240 Å². The summed E-state index contributed by atoms with van der Waals surface area (Å²) in [6.45, 7) is 7.47. The van der Waals surface area contributed by atoms with Crippen molar-refractivity contribution in [3.63, 3.8) is 0 Å². The average molecular weight is 553 g/mol. The van der Waals surface area contributed by atoms with Gasteiger partial charge in [-0.2, -0.15) is 0 Å². The van der Waals surface area contributed by atoms with E-state index in [1.165, 1.54) is 28.8 Å². The number of aromatic amines is 1. The topological polar surface area (TPSA) is 93.8 Å². The Morgan fingerprint density at radius 1 is 0.707 bits per heavy atom. The van der Waals surface area contributed by atoms with Crippen molar-refractivity contribution in [3.05, 3.63) is 125 Å². The highest BCUT2D eigenvalue weighted by atomic mass is 19.1. The van der Waals surface area contributed by atoms with Gasteiger partial charge in [-0.25, -0.2) is 9.37 Å². The van der Waals surface area contributed by atoms with E-state index in [0.29, 0.717) is 12.1 Å². The Hall–Kier alpha value is -4.02. The number of aromatic nitrogens is 4.